The highest BCUT2D eigenvalue weighted by molar-refractivity contribution is 5.82. The lowest BCUT2D eigenvalue weighted by molar-refractivity contribution is -0.139. The normalized spacial score (nSPS) is 11.7. The van der Waals surface area contributed by atoms with Crippen molar-refractivity contribution in [2.45, 2.75) is 32.9 Å². The molecule has 0 bridgehead atoms. The molecule has 1 heterocycles. The summed E-state index contributed by atoms with van der Waals surface area (Å²) in [5, 5.41) is 11.4. The van der Waals surface area contributed by atoms with Crippen LogP contribution < -0.4 is 5.32 Å². The molecule has 0 aromatic carbocycles. The van der Waals surface area contributed by atoms with Gasteiger partial charge in [0.25, 0.3) is 0 Å². The predicted molar refractivity (Wildman–Crippen MR) is 70.6 cm³/mol. The van der Waals surface area contributed by atoms with Crippen LogP contribution in [0.15, 0.2) is 24.5 Å². The van der Waals surface area contributed by atoms with Crippen LogP contribution in [-0.4, -0.2) is 39.6 Å². The van der Waals surface area contributed by atoms with Gasteiger partial charge >= 0.3 is 12.0 Å². The number of carbonyl (C=O) groups is 2. The van der Waals surface area contributed by atoms with Crippen LogP contribution in [0.25, 0.3) is 0 Å². The van der Waals surface area contributed by atoms with Crippen molar-refractivity contribution < 1.29 is 14.7 Å². The quantitative estimate of drug-likeness (QED) is 0.816. The number of carboxylic acid groups (broad SMARTS) is 1. The number of aliphatic carboxylic acids is 1. The third kappa shape index (κ3) is 4.57. The lowest BCUT2D eigenvalue weighted by atomic mass is 10.2. The molecule has 0 aliphatic rings. The van der Waals surface area contributed by atoms with Gasteiger partial charge in [-0.2, -0.15) is 0 Å². The average molecular weight is 265 g/mol. The van der Waals surface area contributed by atoms with Gasteiger partial charge in [0.2, 0.25) is 0 Å². The van der Waals surface area contributed by atoms with Crippen LogP contribution in [0.1, 0.15) is 25.8 Å². The zero-order valence-electron chi connectivity index (χ0n) is 11.2. The highest BCUT2D eigenvalue weighted by Crippen LogP contribution is 2.04. The van der Waals surface area contributed by atoms with Gasteiger partial charge in [-0.25, -0.2) is 9.59 Å². The summed E-state index contributed by atoms with van der Waals surface area (Å²) in [6.07, 6.45) is 3.67. The van der Waals surface area contributed by atoms with Crippen LogP contribution in [0.3, 0.4) is 0 Å². The summed E-state index contributed by atoms with van der Waals surface area (Å²) in [5.74, 6) is -1.02. The smallest absolute Gasteiger partial charge is 0.326 e. The minimum absolute atomic E-state index is 0.355. The molecule has 0 aliphatic heterocycles. The van der Waals surface area contributed by atoms with E-state index < -0.39 is 12.0 Å². The van der Waals surface area contributed by atoms with Crippen molar-refractivity contribution in [2.75, 3.05) is 6.54 Å². The van der Waals surface area contributed by atoms with E-state index in [0.717, 1.165) is 5.56 Å². The first-order chi connectivity index (χ1) is 9.08. The Morgan fingerprint density at radius 1 is 1.37 bits per heavy atom. The van der Waals surface area contributed by atoms with E-state index >= 15 is 0 Å². The number of rotatable bonds is 6. The van der Waals surface area contributed by atoms with Crippen LogP contribution >= 0.6 is 0 Å². The third-order valence-corrected chi connectivity index (χ3v) is 2.80. The van der Waals surface area contributed by atoms with Gasteiger partial charge in [-0.15, -0.1) is 0 Å². The zero-order valence-corrected chi connectivity index (χ0v) is 11.2. The average Bonchev–Trinajstić information content (AvgIpc) is 2.42. The van der Waals surface area contributed by atoms with Gasteiger partial charge in [0.15, 0.2) is 0 Å². The fraction of sp³-hybridized carbons (Fsp3) is 0.462. The summed E-state index contributed by atoms with van der Waals surface area (Å²) in [7, 11) is 0. The number of carbonyl (C=O) groups excluding carboxylic acids is 1. The van der Waals surface area contributed by atoms with Crippen LogP contribution in [0.4, 0.5) is 4.79 Å². The van der Waals surface area contributed by atoms with E-state index in [0.29, 0.717) is 19.5 Å². The number of nitrogens with zero attached hydrogens (tertiary/aromatic N) is 2. The minimum atomic E-state index is -1.02. The Morgan fingerprint density at radius 3 is 2.47 bits per heavy atom. The molecule has 2 N–H and O–H groups in total. The maximum Gasteiger partial charge on any atom is 0.326 e. The lowest BCUT2D eigenvalue weighted by Gasteiger charge is -2.23. The van der Waals surface area contributed by atoms with Crippen molar-refractivity contribution in [3.63, 3.8) is 0 Å². The summed E-state index contributed by atoms with van der Waals surface area (Å²) >= 11 is 0. The van der Waals surface area contributed by atoms with Crippen molar-refractivity contribution >= 4 is 12.0 Å². The molecule has 0 saturated carbocycles. The number of aromatic nitrogens is 1. The largest absolute Gasteiger partial charge is 0.480 e. The molecule has 19 heavy (non-hydrogen) atoms. The minimum Gasteiger partial charge on any atom is -0.480 e. The Labute approximate surface area is 112 Å². The van der Waals surface area contributed by atoms with Crippen molar-refractivity contribution in [2.24, 2.45) is 0 Å². The number of nitrogens with one attached hydrogen (secondary N) is 1. The molecule has 0 fully saturated rings. The second-order valence-corrected chi connectivity index (χ2v) is 4.12. The lowest BCUT2D eigenvalue weighted by Crippen LogP contribution is -2.47. The van der Waals surface area contributed by atoms with Crippen molar-refractivity contribution in [1.29, 1.82) is 0 Å². The van der Waals surface area contributed by atoms with Gasteiger partial charge in [-0.05, 0) is 31.0 Å². The Hall–Kier alpha value is -2.11. The molecule has 6 nitrogen and oxygen atoms in total. The monoisotopic (exact) mass is 265 g/mol. The van der Waals surface area contributed by atoms with Gasteiger partial charge in [-0.3, -0.25) is 4.98 Å². The van der Waals surface area contributed by atoms with Crippen LogP contribution in [0.2, 0.25) is 0 Å². The number of carboxylic acids is 1. The first-order valence-electron chi connectivity index (χ1n) is 6.25. The highest BCUT2D eigenvalue weighted by atomic mass is 16.4. The number of hydrogen-bond donors (Lipinski definition) is 2. The molecule has 0 unspecified atom stereocenters. The first-order valence-corrected chi connectivity index (χ1v) is 6.25. The number of pyridine rings is 1. The third-order valence-electron chi connectivity index (χ3n) is 2.80. The van der Waals surface area contributed by atoms with Gasteiger partial charge in [0, 0.05) is 25.5 Å². The number of hydrogen-bond acceptors (Lipinski definition) is 3. The molecule has 6 heteroatoms. The van der Waals surface area contributed by atoms with Crippen molar-refractivity contribution in [3.05, 3.63) is 30.1 Å². The van der Waals surface area contributed by atoms with E-state index in [1.165, 1.54) is 0 Å². The van der Waals surface area contributed by atoms with E-state index in [2.05, 4.69) is 10.3 Å². The SMILES string of the molecule is CC[C@H](NC(=O)N(CC)Cc1ccncc1)C(=O)O. The number of urea groups is 1. The molecule has 1 aromatic rings. The van der Waals surface area contributed by atoms with Crippen molar-refractivity contribution in [1.82, 2.24) is 15.2 Å². The summed E-state index contributed by atoms with van der Waals surface area (Å²) in [6, 6.07) is 2.43. The fourth-order valence-corrected chi connectivity index (χ4v) is 1.61. The molecule has 1 atom stereocenters. The second kappa shape index (κ2) is 7.35. The van der Waals surface area contributed by atoms with Gasteiger partial charge < -0.3 is 15.3 Å². The Bertz CT molecular complexity index is 422. The van der Waals surface area contributed by atoms with E-state index in [9.17, 15) is 9.59 Å². The van der Waals surface area contributed by atoms with E-state index in [1.54, 1.807) is 24.2 Å². The molecule has 0 aliphatic carbocycles. The fourth-order valence-electron chi connectivity index (χ4n) is 1.61. The molecule has 1 aromatic heterocycles. The Kier molecular flexibility index (Phi) is 5.78. The van der Waals surface area contributed by atoms with Gasteiger partial charge in [0.1, 0.15) is 6.04 Å². The van der Waals surface area contributed by atoms with Crippen LogP contribution in [-0.2, 0) is 11.3 Å². The molecule has 104 valence electrons. The van der Waals surface area contributed by atoms with Crippen molar-refractivity contribution in [3.8, 4) is 0 Å². The first kappa shape index (κ1) is 14.9. The Morgan fingerprint density at radius 2 is 2.00 bits per heavy atom. The molecule has 0 radical (unpaired) electrons. The summed E-state index contributed by atoms with van der Waals surface area (Å²) in [6.45, 7) is 4.51. The summed E-state index contributed by atoms with van der Waals surface area (Å²) < 4.78 is 0. The van der Waals surface area contributed by atoms with Gasteiger partial charge in [-0.1, -0.05) is 6.92 Å². The van der Waals surface area contributed by atoms with E-state index in [1.807, 2.05) is 19.1 Å². The van der Waals surface area contributed by atoms with Crippen LogP contribution in [0.5, 0.6) is 0 Å². The molecular weight excluding hydrogens is 246 g/mol. The van der Waals surface area contributed by atoms with E-state index in [-0.39, 0.29) is 6.03 Å². The standard InChI is InChI=1S/C13H19N3O3/c1-3-11(12(17)18)15-13(19)16(4-2)9-10-5-7-14-8-6-10/h5-8,11H,3-4,9H2,1-2H3,(H,15,19)(H,17,18)/t11-/m0/s1. The predicted octanol–water partition coefficient (Wildman–Crippen LogP) is 1.48. The molecule has 0 spiro atoms. The zero-order chi connectivity index (χ0) is 14.3. The molecule has 2 amide bonds. The van der Waals surface area contributed by atoms with E-state index in [4.69, 9.17) is 5.11 Å². The second-order valence-electron chi connectivity index (χ2n) is 4.12. The molecule has 0 saturated heterocycles. The number of amides is 2. The summed E-state index contributed by atoms with van der Waals surface area (Å²) in [5.41, 5.74) is 0.954. The molecule has 1 rings (SSSR count). The highest BCUT2D eigenvalue weighted by Gasteiger charge is 2.20. The van der Waals surface area contributed by atoms with Gasteiger partial charge in [0.05, 0.1) is 0 Å². The molecular formula is C13H19N3O3. The Balaban J connectivity index is 2.64. The topological polar surface area (TPSA) is 82.5 Å². The van der Waals surface area contributed by atoms with Crippen LogP contribution in [0, 0.1) is 0 Å². The maximum absolute atomic E-state index is 12.0. The maximum atomic E-state index is 12.0. The summed E-state index contributed by atoms with van der Waals surface area (Å²) in [4.78, 5) is 28.3.